The lowest BCUT2D eigenvalue weighted by Gasteiger charge is -2.60. The van der Waals surface area contributed by atoms with Gasteiger partial charge in [-0.3, -0.25) is 0 Å². The number of nitrogens with one attached hydrogen (secondary N) is 1. The van der Waals surface area contributed by atoms with Crippen LogP contribution < -0.4 is 15.1 Å². The Bertz CT molecular complexity index is 1190. The predicted molar refractivity (Wildman–Crippen MR) is 117 cm³/mol. The van der Waals surface area contributed by atoms with E-state index in [1.54, 1.807) is 11.1 Å². The summed E-state index contributed by atoms with van der Waals surface area (Å²) in [5.74, 6) is 1.10. The smallest absolute Gasteiger partial charge is 0.161 e. The first-order valence-corrected chi connectivity index (χ1v) is 10.5. The normalized spacial score (nSPS) is 34.9. The van der Waals surface area contributed by atoms with Gasteiger partial charge in [-0.05, 0) is 36.6 Å². The summed E-state index contributed by atoms with van der Waals surface area (Å²) in [7, 11) is 0. The summed E-state index contributed by atoms with van der Waals surface area (Å²) in [5.41, 5.74) is 8.86. The highest BCUT2D eigenvalue weighted by atomic mass is 15.5. The fourth-order valence-electron chi connectivity index (χ4n) is 6.72. The molecular formula is C25H24N4. The lowest BCUT2D eigenvalue weighted by molar-refractivity contribution is 0.170. The zero-order chi connectivity index (χ0) is 19.5. The van der Waals surface area contributed by atoms with Gasteiger partial charge in [-0.25, -0.2) is 4.99 Å². The molecule has 3 heterocycles. The Hall–Kier alpha value is -3.01. The summed E-state index contributed by atoms with van der Waals surface area (Å²) in [6.45, 7) is 7.18. The van der Waals surface area contributed by atoms with Crippen molar-refractivity contribution >= 4 is 17.2 Å². The molecule has 0 radical (unpaired) electrons. The van der Waals surface area contributed by atoms with Crippen LogP contribution in [-0.2, 0) is 5.41 Å². The highest BCUT2D eigenvalue weighted by molar-refractivity contribution is 6.10. The molecule has 0 aromatic heterocycles. The maximum atomic E-state index is 4.90. The van der Waals surface area contributed by atoms with E-state index in [9.17, 15) is 0 Å². The van der Waals surface area contributed by atoms with Gasteiger partial charge in [0.25, 0.3) is 0 Å². The van der Waals surface area contributed by atoms with Crippen LogP contribution in [0.15, 0.2) is 77.1 Å². The molecule has 3 aliphatic heterocycles. The van der Waals surface area contributed by atoms with Crippen LogP contribution in [0.2, 0.25) is 0 Å². The van der Waals surface area contributed by atoms with Gasteiger partial charge in [-0.2, -0.15) is 0 Å². The molecule has 2 aromatic rings. The Kier molecular flexibility index (Phi) is 2.60. The van der Waals surface area contributed by atoms with Crippen molar-refractivity contribution in [3.05, 3.63) is 83.2 Å². The van der Waals surface area contributed by atoms with Crippen LogP contribution >= 0.6 is 0 Å². The van der Waals surface area contributed by atoms with Crippen molar-refractivity contribution in [3.8, 4) is 0 Å². The molecule has 2 aromatic carbocycles. The van der Waals surface area contributed by atoms with Crippen LogP contribution in [0, 0.1) is 12.3 Å². The molecule has 0 bridgehead atoms. The van der Waals surface area contributed by atoms with Crippen LogP contribution in [0.4, 0.5) is 11.4 Å². The Morgan fingerprint density at radius 1 is 1.00 bits per heavy atom. The van der Waals surface area contributed by atoms with Gasteiger partial charge in [0.05, 0.1) is 0 Å². The zero-order valence-electron chi connectivity index (χ0n) is 17.0. The van der Waals surface area contributed by atoms with Crippen molar-refractivity contribution in [2.24, 2.45) is 10.4 Å². The van der Waals surface area contributed by atoms with E-state index in [1.807, 2.05) is 12.4 Å². The lowest BCUT2D eigenvalue weighted by atomic mass is 9.51. The first kappa shape index (κ1) is 15.9. The van der Waals surface area contributed by atoms with E-state index in [-0.39, 0.29) is 23.2 Å². The number of para-hydroxylation sites is 2. The van der Waals surface area contributed by atoms with Crippen molar-refractivity contribution in [1.82, 2.24) is 5.32 Å². The quantitative estimate of drug-likeness (QED) is 0.742. The van der Waals surface area contributed by atoms with Gasteiger partial charge in [0.15, 0.2) is 12.0 Å². The molecule has 144 valence electrons. The third kappa shape index (κ3) is 1.53. The summed E-state index contributed by atoms with van der Waals surface area (Å²) in [4.78, 5) is 10.0. The highest BCUT2D eigenvalue weighted by Gasteiger charge is 2.76. The van der Waals surface area contributed by atoms with E-state index in [2.05, 4.69) is 84.4 Å². The molecule has 1 N–H and O–H groups in total. The van der Waals surface area contributed by atoms with Crippen LogP contribution in [-0.4, -0.2) is 18.2 Å². The first-order valence-electron chi connectivity index (χ1n) is 10.5. The van der Waals surface area contributed by atoms with E-state index in [1.165, 1.54) is 28.9 Å². The molecule has 1 fully saturated rings. The molecule has 2 aliphatic carbocycles. The Balaban J connectivity index is 1.55. The van der Waals surface area contributed by atoms with E-state index in [0.717, 1.165) is 5.84 Å². The molecular weight excluding hydrogens is 356 g/mol. The number of benzene rings is 2. The van der Waals surface area contributed by atoms with Crippen molar-refractivity contribution in [3.63, 3.8) is 0 Å². The number of hydrogen-bond donors (Lipinski definition) is 1. The summed E-state index contributed by atoms with van der Waals surface area (Å²) < 4.78 is 0. The SMILES string of the molecule is Cc1ccccc1N1C2NC=CN=C2N2c3ccccc3C3(C)C4=C(C4)C3(C)C21. The van der Waals surface area contributed by atoms with Gasteiger partial charge in [-0.15, -0.1) is 0 Å². The Morgan fingerprint density at radius 2 is 1.76 bits per heavy atom. The molecule has 0 amide bonds. The van der Waals surface area contributed by atoms with E-state index < -0.39 is 0 Å². The molecule has 0 spiro atoms. The number of allylic oxidation sites excluding steroid dienone is 1. The Morgan fingerprint density at radius 3 is 2.59 bits per heavy atom. The van der Waals surface area contributed by atoms with Gasteiger partial charge in [-0.1, -0.05) is 61.4 Å². The van der Waals surface area contributed by atoms with E-state index in [4.69, 9.17) is 4.99 Å². The average Bonchev–Trinajstić information content (AvgIpc) is 3.45. The van der Waals surface area contributed by atoms with Crippen LogP contribution in [0.1, 0.15) is 31.4 Å². The third-order valence-electron chi connectivity index (χ3n) is 8.29. The number of nitrogens with zero attached hydrogens (tertiary/aromatic N) is 3. The number of aliphatic imine (C=N–C) groups is 1. The van der Waals surface area contributed by atoms with Crippen LogP contribution in [0.25, 0.3) is 0 Å². The van der Waals surface area contributed by atoms with Crippen LogP contribution in [0.5, 0.6) is 0 Å². The van der Waals surface area contributed by atoms with Crippen molar-refractivity contribution < 1.29 is 0 Å². The van der Waals surface area contributed by atoms with E-state index in [0.29, 0.717) is 0 Å². The maximum Gasteiger partial charge on any atom is 0.161 e. The standard InChI is InChI=1S/C25H24N4/c1-15-8-4-6-10-19(15)28-21-22(27-13-12-26-21)29-20-11-7-5-9-16(20)24(2)17-14-18(17)25(24,3)23(28)29/h4-13,21,23,26H,14H2,1-3H3. The first-order chi connectivity index (χ1) is 14.1. The van der Waals surface area contributed by atoms with Crippen molar-refractivity contribution in [2.75, 3.05) is 9.80 Å². The number of hydrogen-bond acceptors (Lipinski definition) is 4. The Labute approximate surface area is 171 Å². The molecule has 7 rings (SSSR count). The molecule has 4 atom stereocenters. The molecule has 1 saturated heterocycles. The van der Waals surface area contributed by atoms with Gasteiger partial charge in [0.1, 0.15) is 6.17 Å². The minimum Gasteiger partial charge on any atom is -0.364 e. The van der Waals surface area contributed by atoms with E-state index >= 15 is 0 Å². The number of fused-ring (bicyclic) bond motifs is 10. The molecule has 4 nitrogen and oxygen atoms in total. The molecule has 0 saturated carbocycles. The highest BCUT2D eigenvalue weighted by Crippen LogP contribution is 2.78. The maximum absolute atomic E-state index is 4.90. The number of amidine groups is 1. The number of rotatable bonds is 1. The second-order valence-corrected chi connectivity index (χ2v) is 9.29. The van der Waals surface area contributed by atoms with Gasteiger partial charge in [0.2, 0.25) is 0 Å². The minimum absolute atomic E-state index is 0.0433. The van der Waals surface area contributed by atoms with Crippen LogP contribution in [0.3, 0.4) is 0 Å². The molecule has 5 aliphatic rings. The number of aryl methyl sites for hydroxylation is 1. The second kappa shape index (κ2) is 4.76. The summed E-state index contributed by atoms with van der Waals surface area (Å²) in [6, 6.07) is 17.7. The largest absolute Gasteiger partial charge is 0.364 e. The summed E-state index contributed by atoms with van der Waals surface area (Å²) in [5, 5.41) is 3.62. The number of anilines is 2. The van der Waals surface area contributed by atoms with Crippen molar-refractivity contribution in [2.45, 2.75) is 44.9 Å². The van der Waals surface area contributed by atoms with Gasteiger partial charge in [0, 0.05) is 34.6 Å². The van der Waals surface area contributed by atoms with Gasteiger partial charge >= 0.3 is 0 Å². The monoisotopic (exact) mass is 380 g/mol. The molecule has 4 unspecified atom stereocenters. The average molecular weight is 380 g/mol. The zero-order valence-corrected chi connectivity index (χ0v) is 17.0. The van der Waals surface area contributed by atoms with Gasteiger partial charge < -0.3 is 15.1 Å². The summed E-state index contributed by atoms with van der Waals surface area (Å²) in [6.07, 6.45) is 5.32. The topological polar surface area (TPSA) is 30.9 Å². The fraction of sp³-hybridized carbons (Fsp3) is 0.320. The molecule has 4 heteroatoms. The second-order valence-electron chi connectivity index (χ2n) is 9.29. The summed E-state index contributed by atoms with van der Waals surface area (Å²) >= 11 is 0. The third-order valence-corrected chi connectivity index (χ3v) is 8.29. The molecule has 29 heavy (non-hydrogen) atoms. The minimum atomic E-state index is 0.0433. The lowest BCUT2D eigenvalue weighted by Crippen LogP contribution is -2.65. The fourth-order valence-corrected chi connectivity index (χ4v) is 6.72. The van der Waals surface area contributed by atoms with Crippen molar-refractivity contribution in [1.29, 1.82) is 0 Å². The predicted octanol–water partition coefficient (Wildman–Crippen LogP) is 4.44.